The van der Waals surface area contributed by atoms with Crippen molar-refractivity contribution in [2.24, 2.45) is 5.41 Å². The lowest BCUT2D eigenvalue weighted by Gasteiger charge is -2.24. The van der Waals surface area contributed by atoms with Crippen LogP contribution in [-0.2, 0) is 25.7 Å². The van der Waals surface area contributed by atoms with Crippen LogP contribution in [0.5, 0.6) is 0 Å². The smallest absolute Gasteiger partial charge is 0.339 e. The van der Waals surface area contributed by atoms with E-state index >= 15 is 0 Å². The molecule has 3 aromatic carbocycles. The molecule has 0 atom stereocenters. The fourth-order valence-electron chi connectivity index (χ4n) is 3.51. The molecule has 2 amide bonds. The molecular formula is C27H20Cl2N2O6S. The molecule has 0 bridgehead atoms. The molecule has 4 aromatic rings. The Bertz CT molecular complexity index is 1430. The average molecular weight is 571 g/mol. The van der Waals surface area contributed by atoms with Crippen molar-refractivity contribution in [1.82, 2.24) is 11.0 Å². The predicted octanol–water partition coefficient (Wildman–Crippen LogP) is 5.53. The summed E-state index contributed by atoms with van der Waals surface area (Å²) in [6.45, 7) is 1.30. The van der Waals surface area contributed by atoms with E-state index in [0.717, 1.165) is 10.1 Å². The van der Waals surface area contributed by atoms with Crippen LogP contribution < -0.4 is 11.0 Å². The molecule has 0 aliphatic rings. The van der Waals surface area contributed by atoms with Gasteiger partial charge in [-0.3, -0.25) is 9.59 Å². The van der Waals surface area contributed by atoms with Gasteiger partial charge < -0.3 is 9.68 Å². The van der Waals surface area contributed by atoms with Crippen LogP contribution in [0.4, 0.5) is 0 Å². The van der Waals surface area contributed by atoms with Crippen LogP contribution in [0.25, 0.3) is 10.1 Å². The van der Waals surface area contributed by atoms with Crippen molar-refractivity contribution in [3.8, 4) is 0 Å². The van der Waals surface area contributed by atoms with E-state index in [1.165, 1.54) is 42.5 Å². The minimum absolute atomic E-state index is 0.0720. The lowest BCUT2D eigenvalue weighted by Crippen LogP contribution is -2.46. The molecular weight excluding hydrogens is 551 g/mol. The number of benzene rings is 3. The summed E-state index contributed by atoms with van der Waals surface area (Å²) >= 11 is 13.4. The van der Waals surface area contributed by atoms with Gasteiger partial charge in [-0.25, -0.2) is 9.59 Å². The summed E-state index contributed by atoms with van der Waals surface area (Å²) in [5, 5.41) is 1.22. The number of thiophene rings is 1. The van der Waals surface area contributed by atoms with Crippen molar-refractivity contribution in [2.75, 3.05) is 0 Å². The highest BCUT2D eigenvalue weighted by molar-refractivity contribution is 7.19. The Morgan fingerprint density at radius 2 is 1.24 bits per heavy atom. The third-order valence-electron chi connectivity index (χ3n) is 5.62. The fourth-order valence-corrected chi connectivity index (χ4v) is 5.18. The third-order valence-corrected chi connectivity index (χ3v) is 7.39. The molecule has 2 N–H and O–H groups in total. The molecule has 0 aliphatic heterocycles. The van der Waals surface area contributed by atoms with Crippen molar-refractivity contribution in [3.63, 3.8) is 0 Å². The normalized spacial score (nSPS) is 11.0. The Hall–Kier alpha value is -3.92. The van der Waals surface area contributed by atoms with E-state index in [1.807, 2.05) is 41.3 Å². The summed E-state index contributed by atoms with van der Waals surface area (Å²) in [6, 6.07) is 21.7. The standard InChI is InChI=1S/C27H20Cl2N2O6S/c1-27(15-17-14-16-8-2-7-13-22(16)38-17,25(34)36-30-23(32)18-9-3-5-11-20(18)28)26(35)37-31-24(33)19-10-4-6-12-21(19)29/h2-14H,15H2,1H3,(H,30,32)(H,31,33). The van der Waals surface area contributed by atoms with E-state index in [0.29, 0.717) is 4.88 Å². The Morgan fingerprint density at radius 1 is 0.763 bits per heavy atom. The van der Waals surface area contributed by atoms with Crippen molar-refractivity contribution in [3.05, 3.63) is 105 Å². The summed E-state index contributed by atoms with van der Waals surface area (Å²) in [7, 11) is 0. The van der Waals surface area contributed by atoms with Gasteiger partial charge in [0.25, 0.3) is 11.8 Å². The lowest BCUT2D eigenvalue weighted by molar-refractivity contribution is -0.177. The maximum Gasteiger partial charge on any atom is 0.349 e. The van der Waals surface area contributed by atoms with Crippen LogP contribution in [0.1, 0.15) is 32.5 Å². The summed E-state index contributed by atoms with van der Waals surface area (Å²) < 4.78 is 0.950. The van der Waals surface area contributed by atoms with Gasteiger partial charge in [-0.15, -0.1) is 11.3 Å². The average Bonchev–Trinajstić information content (AvgIpc) is 3.32. The molecule has 0 radical (unpaired) electrons. The van der Waals surface area contributed by atoms with Gasteiger partial charge in [0.2, 0.25) is 0 Å². The predicted molar refractivity (Wildman–Crippen MR) is 144 cm³/mol. The van der Waals surface area contributed by atoms with Gasteiger partial charge in [-0.1, -0.05) is 65.7 Å². The minimum atomic E-state index is -1.96. The van der Waals surface area contributed by atoms with E-state index in [1.54, 1.807) is 24.3 Å². The largest absolute Gasteiger partial charge is 0.349 e. The maximum atomic E-state index is 13.2. The van der Waals surface area contributed by atoms with Crippen LogP contribution in [0.2, 0.25) is 10.0 Å². The zero-order valence-electron chi connectivity index (χ0n) is 19.8. The second-order valence-electron chi connectivity index (χ2n) is 8.36. The fraction of sp³-hybridized carbons (Fsp3) is 0.111. The molecule has 0 aliphatic carbocycles. The topological polar surface area (TPSA) is 111 Å². The molecule has 1 heterocycles. The van der Waals surface area contributed by atoms with Crippen molar-refractivity contribution in [1.29, 1.82) is 0 Å². The molecule has 0 fully saturated rings. The van der Waals surface area contributed by atoms with Crippen molar-refractivity contribution >= 4 is 68.4 Å². The summed E-state index contributed by atoms with van der Waals surface area (Å²) in [5.74, 6) is -3.78. The molecule has 8 nitrogen and oxygen atoms in total. The van der Waals surface area contributed by atoms with Crippen LogP contribution in [0.3, 0.4) is 0 Å². The number of hydroxylamine groups is 2. The van der Waals surface area contributed by atoms with E-state index in [9.17, 15) is 19.2 Å². The van der Waals surface area contributed by atoms with Crippen LogP contribution in [0, 0.1) is 5.41 Å². The molecule has 1 aromatic heterocycles. The highest BCUT2D eigenvalue weighted by Gasteiger charge is 2.46. The minimum Gasteiger partial charge on any atom is -0.339 e. The second-order valence-corrected chi connectivity index (χ2v) is 10.3. The molecule has 0 saturated heterocycles. The zero-order valence-corrected chi connectivity index (χ0v) is 22.2. The molecule has 194 valence electrons. The summed E-state index contributed by atoms with van der Waals surface area (Å²) in [4.78, 5) is 62.1. The van der Waals surface area contributed by atoms with E-state index < -0.39 is 29.2 Å². The van der Waals surface area contributed by atoms with Gasteiger partial charge >= 0.3 is 11.9 Å². The number of hydrogen-bond acceptors (Lipinski definition) is 7. The second kappa shape index (κ2) is 11.6. The first-order valence-corrected chi connectivity index (χ1v) is 12.8. The Morgan fingerprint density at radius 3 is 1.74 bits per heavy atom. The summed E-state index contributed by atoms with van der Waals surface area (Å²) in [6.07, 6.45) is -0.131. The number of fused-ring (bicyclic) bond motifs is 1. The van der Waals surface area contributed by atoms with Gasteiger partial charge in [0.1, 0.15) is 0 Å². The van der Waals surface area contributed by atoms with Crippen molar-refractivity contribution in [2.45, 2.75) is 13.3 Å². The van der Waals surface area contributed by atoms with Gasteiger partial charge in [-0.05, 0) is 48.7 Å². The van der Waals surface area contributed by atoms with E-state index in [-0.39, 0.29) is 27.6 Å². The molecule has 11 heteroatoms. The monoisotopic (exact) mass is 570 g/mol. The number of hydrogen-bond donors (Lipinski definition) is 2. The number of halogens is 2. The van der Waals surface area contributed by atoms with Crippen LogP contribution in [-0.4, -0.2) is 23.8 Å². The molecule has 4 rings (SSSR count). The number of amides is 2. The summed E-state index contributed by atoms with van der Waals surface area (Å²) in [5.41, 5.74) is 2.25. The lowest BCUT2D eigenvalue weighted by atomic mass is 9.86. The molecule has 0 saturated carbocycles. The first kappa shape index (κ1) is 27.1. The Balaban J connectivity index is 1.54. The van der Waals surface area contributed by atoms with Crippen molar-refractivity contribution < 1.29 is 28.9 Å². The van der Waals surface area contributed by atoms with Gasteiger partial charge in [0, 0.05) is 16.0 Å². The number of rotatable bonds is 6. The Labute approximate surface area is 231 Å². The highest BCUT2D eigenvalue weighted by Crippen LogP contribution is 2.33. The van der Waals surface area contributed by atoms with E-state index in [2.05, 4.69) is 0 Å². The first-order chi connectivity index (χ1) is 18.2. The maximum absolute atomic E-state index is 13.2. The van der Waals surface area contributed by atoms with Gasteiger partial charge in [0.15, 0.2) is 5.41 Å². The number of carbonyl (C=O) groups is 4. The zero-order chi connectivity index (χ0) is 27.3. The Kier molecular flexibility index (Phi) is 8.31. The first-order valence-electron chi connectivity index (χ1n) is 11.2. The van der Waals surface area contributed by atoms with E-state index in [4.69, 9.17) is 32.9 Å². The van der Waals surface area contributed by atoms with Gasteiger partial charge in [0.05, 0.1) is 21.2 Å². The van der Waals surface area contributed by atoms with Gasteiger partial charge in [-0.2, -0.15) is 11.0 Å². The number of carbonyl (C=O) groups excluding carboxylic acids is 4. The third kappa shape index (κ3) is 5.96. The molecule has 0 spiro atoms. The highest BCUT2D eigenvalue weighted by atomic mass is 35.5. The van der Waals surface area contributed by atoms with Crippen LogP contribution in [0.15, 0.2) is 78.9 Å². The number of nitrogens with one attached hydrogen (secondary N) is 2. The molecule has 38 heavy (non-hydrogen) atoms. The quantitative estimate of drug-likeness (QED) is 0.233. The van der Waals surface area contributed by atoms with Crippen LogP contribution >= 0.6 is 34.5 Å². The molecule has 0 unspecified atom stereocenters. The SMILES string of the molecule is CC(Cc1cc2ccccc2s1)(C(=O)ONC(=O)c1ccccc1Cl)C(=O)ONC(=O)c1ccccc1Cl.